The number of para-hydroxylation sites is 1. The van der Waals surface area contributed by atoms with E-state index in [1.165, 1.54) is 0 Å². The van der Waals surface area contributed by atoms with Crippen LogP contribution in [0.15, 0.2) is 33.8 Å². The van der Waals surface area contributed by atoms with E-state index in [0.717, 1.165) is 57.4 Å². The molecule has 4 rings (SSSR count). The topological polar surface area (TPSA) is 64.4 Å². The summed E-state index contributed by atoms with van der Waals surface area (Å²) in [4.78, 5) is 4.80. The number of nitrogens with zero attached hydrogens (tertiary/aromatic N) is 2. The summed E-state index contributed by atoms with van der Waals surface area (Å²) in [5, 5.41) is 6.31. The molecule has 2 N–H and O–H groups in total. The van der Waals surface area contributed by atoms with E-state index in [4.69, 9.17) is 15.2 Å². The first-order chi connectivity index (χ1) is 10.5. The molecule has 112 valence electrons. The van der Waals surface area contributed by atoms with Crippen molar-refractivity contribution >= 4 is 27.7 Å². The van der Waals surface area contributed by atoms with Gasteiger partial charge in [0.25, 0.3) is 0 Å². The van der Waals surface area contributed by atoms with Gasteiger partial charge in [-0.3, -0.25) is 4.98 Å². The zero-order chi connectivity index (χ0) is 15.5. The highest BCUT2D eigenvalue weighted by Crippen LogP contribution is 2.41. The fraction of sp³-hybridized carbons (Fsp3) is 0.333. The van der Waals surface area contributed by atoms with Gasteiger partial charge in [0, 0.05) is 16.3 Å². The van der Waals surface area contributed by atoms with Crippen LogP contribution in [0.1, 0.15) is 37.2 Å². The number of nitrogens with two attached hydrogens (primary N) is 1. The molecule has 0 fully saturated rings. The minimum Gasteiger partial charge on any atom is -0.454 e. The number of hydrogen-bond acceptors (Lipinski definition) is 4. The van der Waals surface area contributed by atoms with Gasteiger partial charge in [-0.2, -0.15) is 5.10 Å². The first-order valence-electron chi connectivity index (χ1n) is 7.58. The molecule has 0 atom stereocenters. The van der Waals surface area contributed by atoms with Gasteiger partial charge in [-0.05, 0) is 31.2 Å². The molecule has 4 heteroatoms. The van der Waals surface area contributed by atoms with Crippen LogP contribution in [0.25, 0.3) is 21.9 Å². The molecule has 0 unspecified atom stereocenters. The molecule has 1 aliphatic carbocycles. The lowest BCUT2D eigenvalue weighted by atomic mass is 9.74. The molecule has 3 aromatic rings. The van der Waals surface area contributed by atoms with E-state index in [0.29, 0.717) is 0 Å². The van der Waals surface area contributed by atoms with Crippen molar-refractivity contribution in [3.8, 4) is 0 Å². The molecular formula is C18H19N3O. The molecule has 0 saturated carbocycles. The summed E-state index contributed by atoms with van der Waals surface area (Å²) < 4.78 is 6.04. The molecule has 0 aliphatic heterocycles. The highest BCUT2D eigenvalue weighted by molar-refractivity contribution is 6.19. The maximum atomic E-state index is 6.04. The zero-order valence-corrected chi connectivity index (χ0v) is 13.1. The second kappa shape index (κ2) is 4.32. The van der Waals surface area contributed by atoms with Crippen LogP contribution in [0.2, 0.25) is 0 Å². The van der Waals surface area contributed by atoms with Crippen LogP contribution >= 0.6 is 0 Å². The van der Waals surface area contributed by atoms with Crippen molar-refractivity contribution in [3.63, 3.8) is 0 Å². The van der Waals surface area contributed by atoms with Gasteiger partial charge >= 0.3 is 0 Å². The molecule has 0 spiro atoms. The van der Waals surface area contributed by atoms with Gasteiger partial charge in [0.2, 0.25) is 0 Å². The number of rotatable bonds is 0. The van der Waals surface area contributed by atoms with Gasteiger partial charge in [0.05, 0.1) is 17.1 Å². The molecule has 0 amide bonds. The van der Waals surface area contributed by atoms with E-state index in [1.807, 2.05) is 25.1 Å². The van der Waals surface area contributed by atoms with Crippen molar-refractivity contribution in [1.29, 1.82) is 0 Å². The maximum Gasteiger partial charge on any atom is 0.157 e. The molecule has 0 radical (unpaired) electrons. The Balaban J connectivity index is 2.19. The summed E-state index contributed by atoms with van der Waals surface area (Å²) in [6, 6.07) is 8.11. The third-order valence-electron chi connectivity index (χ3n) is 4.50. The third kappa shape index (κ3) is 1.76. The van der Waals surface area contributed by atoms with E-state index < -0.39 is 0 Å². The highest BCUT2D eigenvalue weighted by Gasteiger charge is 2.33. The Morgan fingerprint density at radius 2 is 2.00 bits per heavy atom. The average molecular weight is 293 g/mol. The Morgan fingerprint density at radius 3 is 2.77 bits per heavy atom. The van der Waals surface area contributed by atoms with Gasteiger partial charge in [-0.25, -0.2) is 0 Å². The molecule has 2 heterocycles. The van der Waals surface area contributed by atoms with Crippen molar-refractivity contribution in [1.82, 2.24) is 4.98 Å². The van der Waals surface area contributed by atoms with Gasteiger partial charge in [-0.1, -0.05) is 32.0 Å². The second-order valence-corrected chi connectivity index (χ2v) is 6.91. The Kier molecular flexibility index (Phi) is 2.61. The van der Waals surface area contributed by atoms with Crippen LogP contribution in [-0.2, 0) is 6.42 Å². The van der Waals surface area contributed by atoms with Crippen molar-refractivity contribution in [3.05, 3.63) is 41.2 Å². The minimum absolute atomic E-state index is 0.123. The lowest BCUT2D eigenvalue weighted by molar-refractivity contribution is 0.367. The first-order valence-corrected chi connectivity index (χ1v) is 7.58. The molecular weight excluding hydrogens is 274 g/mol. The SMILES string of the molecule is Cc1nc2c(c3c1oc1ccccc13)/C(=N/N)CC(C)(C)C2. The van der Waals surface area contributed by atoms with E-state index >= 15 is 0 Å². The Labute approximate surface area is 129 Å². The Bertz CT molecular complexity index is 934. The van der Waals surface area contributed by atoms with E-state index in [2.05, 4.69) is 25.0 Å². The first kappa shape index (κ1) is 13.3. The van der Waals surface area contributed by atoms with Crippen molar-refractivity contribution < 1.29 is 4.42 Å². The highest BCUT2D eigenvalue weighted by atomic mass is 16.3. The van der Waals surface area contributed by atoms with Gasteiger partial charge in [0.1, 0.15) is 5.58 Å². The van der Waals surface area contributed by atoms with Crippen molar-refractivity contribution in [2.24, 2.45) is 16.4 Å². The standard InChI is InChI=1S/C18H19N3O/c1-10-17-15(11-6-4-5-7-14(11)22-17)16-12(20-10)8-18(2,3)9-13(16)21-19/h4-7H,8-9,19H2,1-3H3/b21-13+. The zero-order valence-electron chi connectivity index (χ0n) is 13.1. The average Bonchev–Trinajstić information content (AvgIpc) is 2.85. The predicted octanol–water partition coefficient (Wildman–Crippen LogP) is 3.92. The lowest BCUT2D eigenvalue weighted by Gasteiger charge is -2.31. The summed E-state index contributed by atoms with van der Waals surface area (Å²) in [6.07, 6.45) is 1.79. The number of hydrazone groups is 1. The summed E-state index contributed by atoms with van der Waals surface area (Å²) in [6.45, 7) is 6.47. The van der Waals surface area contributed by atoms with Crippen LogP contribution in [0.3, 0.4) is 0 Å². The molecule has 0 saturated heterocycles. The summed E-state index contributed by atoms with van der Waals surface area (Å²) in [5.74, 6) is 5.71. The van der Waals surface area contributed by atoms with Gasteiger partial charge < -0.3 is 10.3 Å². The molecule has 1 aliphatic rings. The van der Waals surface area contributed by atoms with E-state index in [9.17, 15) is 0 Å². The second-order valence-electron chi connectivity index (χ2n) is 6.91. The Morgan fingerprint density at radius 1 is 1.23 bits per heavy atom. The van der Waals surface area contributed by atoms with Gasteiger partial charge in [0.15, 0.2) is 5.58 Å². The quantitative estimate of drug-likeness (QED) is 0.504. The predicted molar refractivity (Wildman–Crippen MR) is 89.1 cm³/mol. The smallest absolute Gasteiger partial charge is 0.157 e. The van der Waals surface area contributed by atoms with E-state index in [-0.39, 0.29) is 5.41 Å². The molecule has 4 nitrogen and oxygen atoms in total. The molecule has 22 heavy (non-hydrogen) atoms. The van der Waals surface area contributed by atoms with Crippen LogP contribution < -0.4 is 5.84 Å². The maximum absolute atomic E-state index is 6.04. The number of pyridine rings is 1. The van der Waals surface area contributed by atoms with Gasteiger partial charge in [-0.15, -0.1) is 0 Å². The number of fused-ring (bicyclic) bond motifs is 5. The normalized spacial score (nSPS) is 19.0. The number of benzene rings is 1. The van der Waals surface area contributed by atoms with Crippen LogP contribution in [0, 0.1) is 12.3 Å². The summed E-state index contributed by atoms with van der Waals surface area (Å²) >= 11 is 0. The van der Waals surface area contributed by atoms with Crippen LogP contribution in [0.4, 0.5) is 0 Å². The molecule has 2 aromatic heterocycles. The number of aromatic nitrogens is 1. The lowest BCUT2D eigenvalue weighted by Crippen LogP contribution is -2.29. The monoisotopic (exact) mass is 293 g/mol. The molecule has 0 bridgehead atoms. The van der Waals surface area contributed by atoms with Crippen LogP contribution in [0.5, 0.6) is 0 Å². The number of aryl methyl sites for hydroxylation is 1. The van der Waals surface area contributed by atoms with Crippen molar-refractivity contribution in [2.45, 2.75) is 33.6 Å². The third-order valence-corrected chi connectivity index (χ3v) is 4.50. The van der Waals surface area contributed by atoms with E-state index in [1.54, 1.807) is 0 Å². The molecule has 1 aromatic carbocycles. The Hall–Kier alpha value is -2.36. The fourth-order valence-corrected chi connectivity index (χ4v) is 3.61. The summed E-state index contributed by atoms with van der Waals surface area (Å²) in [5.41, 5.74) is 5.87. The number of hydrogen-bond donors (Lipinski definition) is 1. The van der Waals surface area contributed by atoms with Crippen LogP contribution in [-0.4, -0.2) is 10.7 Å². The summed E-state index contributed by atoms with van der Waals surface area (Å²) in [7, 11) is 0. The number of furan rings is 1. The fourth-order valence-electron chi connectivity index (χ4n) is 3.61. The largest absolute Gasteiger partial charge is 0.454 e. The minimum atomic E-state index is 0.123. The van der Waals surface area contributed by atoms with Crippen molar-refractivity contribution in [2.75, 3.05) is 0 Å².